The Morgan fingerprint density at radius 3 is 2.71 bits per heavy atom. The van der Waals surface area contributed by atoms with E-state index in [1.54, 1.807) is 33.1 Å². The molecule has 2 N–H and O–H groups in total. The topological polar surface area (TPSA) is 113 Å². The molecule has 0 fully saturated rings. The predicted molar refractivity (Wildman–Crippen MR) is 90.8 cm³/mol. The summed E-state index contributed by atoms with van der Waals surface area (Å²) in [6.45, 7) is 7.38. The highest BCUT2D eigenvalue weighted by molar-refractivity contribution is 7.13. The molecule has 0 saturated carbocycles. The van der Waals surface area contributed by atoms with E-state index in [0.29, 0.717) is 10.8 Å². The van der Waals surface area contributed by atoms with Crippen molar-refractivity contribution in [2.24, 2.45) is 5.16 Å². The van der Waals surface area contributed by atoms with Crippen LogP contribution < -0.4 is 5.73 Å². The number of esters is 2. The second-order valence-electron chi connectivity index (χ2n) is 5.88. The van der Waals surface area contributed by atoms with Gasteiger partial charge in [0.15, 0.2) is 11.3 Å². The first kappa shape index (κ1) is 19.9. The average Bonchev–Trinajstić information content (AvgIpc) is 2.87. The third kappa shape index (κ3) is 7.91. The molecule has 0 radical (unpaired) electrons. The van der Waals surface area contributed by atoms with E-state index in [2.05, 4.69) is 14.9 Å². The molecule has 0 aliphatic carbocycles. The number of thiazole rings is 1. The monoisotopic (exact) mass is 357 g/mol. The molecule has 1 aromatic heterocycles. The van der Waals surface area contributed by atoms with E-state index in [1.807, 2.05) is 0 Å². The quantitative estimate of drug-likeness (QED) is 0.430. The molecule has 0 saturated heterocycles. The van der Waals surface area contributed by atoms with Crippen LogP contribution in [0, 0.1) is 0 Å². The maximum Gasteiger partial charge on any atom is 0.352 e. The van der Waals surface area contributed by atoms with Crippen LogP contribution >= 0.6 is 11.3 Å². The number of rotatable bonds is 8. The van der Waals surface area contributed by atoms with Gasteiger partial charge in [0.25, 0.3) is 0 Å². The van der Waals surface area contributed by atoms with Gasteiger partial charge in [-0.2, -0.15) is 0 Å². The number of aromatic nitrogens is 1. The van der Waals surface area contributed by atoms with Gasteiger partial charge in [0.2, 0.25) is 0 Å². The van der Waals surface area contributed by atoms with Crippen LogP contribution in [0.15, 0.2) is 10.5 Å². The highest BCUT2D eigenvalue weighted by Gasteiger charge is 2.24. The molecule has 24 heavy (non-hydrogen) atoms. The fourth-order valence-corrected chi connectivity index (χ4v) is 2.36. The maximum atomic E-state index is 12.0. The molecule has 0 amide bonds. The minimum Gasteiger partial charge on any atom is -0.462 e. The number of nitrogens with two attached hydrogens (primary N) is 1. The lowest BCUT2D eigenvalue weighted by Crippen LogP contribution is -2.25. The van der Waals surface area contributed by atoms with Crippen LogP contribution in [0.4, 0.5) is 5.13 Å². The van der Waals surface area contributed by atoms with E-state index in [-0.39, 0.29) is 31.5 Å². The summed E-state index contributed by atoms with van der Waals surface area (Å²) in [7, 11) is 0. The minimum atomic E-state index is -0.598. The summed E-state index contributed by atoms with van der Waals surface area (Å²) in [6.07, 6.45) is 0.999. The second kappa shape index (κ2) is 9.21. The van der Waals surface area contributed by atoms with Crippen molar-refractivity contribution in [3.05, 3.63) is 11.1 Å². The molecule has 0 aromatic carbocycles. The van der Waals surface area contributed by atoms with E-state index in [1.165, 1.54) is 11.3 Å². The van der Waals surface area contributed by atoms with E-state index < -0.39 is 11.6 Å². The fraction of sp³-hybridized carbons (Fsp3) is 0.600. The molecule has 1 atom stereocenters. The number of hydrogen-bond acceptors (Lipinski definition) is 9. The Morgan fingerprint density at radius 2 is 2.17 bits per heavy atom. The zero-order chi connectivity index (χ0) is 18.2. The van der Waals surface area contributed by atoms with Crippen LogP contribution in [-0.2, 0) is 23.9 Å². The van der Waals surface area contributed by atoms with Crippen LogP contribution in [0.5, 0.6) is 0 Å². The molecule has 1 aromatic rings. The number of carbonyl (C=O) groups excluding carboxylic acids is 2. The number of carbonyl (C=O) groups is 2. The van der Waals surface area contributed by atoms with Gasteiger partial charge in [-0.1, -0.05) is 5.16 Å². The van der Waals surface area contributed by atoms with Gasteiger partial charge in [-0.15, -0.1) is 11.3 Å². The van der Waals surface area contributed by atoms with Crippen LogP contribution in [0.2, 0.25) is 0 Å². The molecule has 0 aliphatic rings. The minimum absolute atomic E-state index is 0.0539. The summed E-state index contributed by atoms with van der Waals surface area (Å²) < 4.78 is 10.00. The van der Waals surface area contributed by atoms with Crippen molar-refractivity contribution in [3.8, 4) is 0 Å². The smallest absolute Gasteiger partial charge is 0.352 e. The number of ether oxygens (including phenoxy) is 2. The Hall–Kier alpha value is -2.16. The summed E-state index contributed by atoms with van der Waals surface area (Å²) in [4.78, 5) is 32.4. The predicted octanol–water partition coefficient (Wildman–Crippen LogP) is 2.11. The molecule has 1 heterocycles. The lowest BCUT2D eigenvalue weighted by Gasteiger charge is -2.21. The Balaban J connectivity index is 2.66. The van der Waals surface area contributed by atoms with E-state index in [0.717, 1.165) is 6.21 Å². The molecule has 0 aliphatic heterocycles. The zero-order valence-electron chi connectivity index (χ0n) is 14.3. The standard InChI is InChI=1S/C15H23N3O5S/c1-5-21-13(20)7-17-22-8-10(11-9-24-14(16)18-11)6-12(19)23-15(2,3)4/h7,9-10H,5-6,8H2,1-4H3,(H2,16,18)/b17-7+/t10-/m1/s1. The largest absolute Gasteiger partial charge is 0.462 e. The van der Waals surface area contributed by atoms with Crippen molar-refractivity contribution in [1.82, 2.24) is 4.98 Å². The molecule has 134 valence electrons. The van der Waals surface area contributed by atoms with Crippen molar-refractivity contribution >= 4 is 34.6 Å². The first-order chi connectivity index (χ1) is 11.2. The number of oxime groups is 1. The van der Waals surface area contributed by atoms with Crippen molar-refractivity contribution in [2.45, 2.75) is 45.6 Å². The normalized spacial score (nSPS) is 12.8. The highest BCUT2D eigenvalue weighted by Crippen LogP contribution is 2.25. The van der Waals surface area contributed by atoms with E-state index in [9.17, 15) is 9.59 Å². The Morgan fingerprint density at radius 1 is 1.46 bits per heavy atom. The van der Waals surface area contributed by atoms with Crippen LogP contribution in [-0.4, -0.2) is 42.0 Å². The maximum absolute atomic E-state index is 12.0. The lowest BCUT2D eigenvalue weighted by molar-refractivity contribution is -0.155. The summed E-state index contributed by atoms with van der Waals surface area (Å²) in [6, 6.07) is 0. The number of hydrogen-bond donors (Lipinski definition) is 1. The Labute approximate surface area is 145 Å². The van der Waals surface area contributed by atoms with Gasteiger partial charge in [0.05, 0.1) is 18.7 Å². The van der Waals surface area contributed by atoms with E-state index in [4.69, 9.17) is 15.3 Å². The molecular formula is C15H23N3O5S. The Bertz CT molecular complexity index is 580. The molecule has 0 bridgehead atoms. The summed E-state index contributed by atoms with van der Waals surface area (Å²) >= 11 is 1.27. The number of nitrogen functional groups attached to an aromatic ring is 1. The summed E-state index contributed by atoms with van der Waals surface area (Å²) in [5.74, 6) is -1.36. The third-order valence-electron chi connectivity index (χ3n) is 2.59. The van der Waals surface area contributed by atoms with Crippen LogP contribution in [0.1, 0.15) is 45.7 Å². The molecule has 0 spiro atoms. The first-order valence-corrected chi connectivity index (χ1v) is 8.34. The van der Waals surface area contributed by atoms with Gasteiger partial charge in [0, 0.05) is 11.3 Å². The lowest BCUT2D eigenvalue weighted by atomic mass is 10.0. The van der Waals surface area contributed by atoms with E-state index >= 15 is 0 Å². The summed E-state index contributed by atoms with van der Waals surface area (Å²) in [5.41, 5.74) is 5.68. The van der Waals surface area contributed by atoms with Crippen molar-refractivity contribution in [1.29, 1.82) is 0 Å². The fourth-order valence-electron chi connectivity index (χ4n) is 1.71. The number of anilines is 1. The number of nitrogens with zero attached hydrogens (tertiary/aromatic N) is 2. The molecular weight excluding hydrogens is 334 g/mol. The van der Waals surface area contributed by atoms with Gasteiger partial charge in [-0.05, 0) is 27.7 Å². The first-order valence-electron chi connectivity index (χ1n) is 7.46. The van der Waals surface area contributed by atoms with Gasteiger partial charge in [-0.25, -0.2) is 9.78 Å². The van der Waals surface area contributed by atoms with Gasteiger partial charge >= 0.3 is 11.9 Å². The van der Waals surface area contributed by atoms with Crippen LogP contribution in [0.3, 0.4) is 0 Å². The molecule has 1 rings (SSSR count). The zero-order valence-corrected chi connectivity index (χ0v) is 15.1. The second-order valence-corrected chi connectivity index (χ2v) is 6.77. The van der Waals surface area contributed by atoms with Gasteiger partial charge in [-0.3, -0.25) is 4.79 Å². The van der Waals surface area contributed by atoms with Crippen molar-refractivity contribution in [2.75, 3.05) is 18.9 Å². The van der Waals surface area contributed by atoms with Gasteiger partial charge < -0.3 is 20.0 Å². The molecule has 9 heteroatoms. The van der Waals surface area contributed by atoms with Crippen molar-refractivity contribution < 1.29 is 23.9 Å². The molecule has 8 nitrogen and oxygen atoms in total. The Kier molecular flexibility index (Phi) is 7.63. The highest BCUT2D eigenvalue weighted by atomic mass is 32.1. The average molecular weight is 357 g/mol. The summed E-state index contributed by atoms with van der Waals surface area (Å²) in [5, 5.41) is 5.69. The molecule has 0 unspecified atom stereocenters. The van der Waals surface area contributed by atoms with Crippen molar-refractivity contribution in [3.63, 3.8) is 0 Å². The third-order valence-corrected chi connectivity index (χ3v) is 3.28. The SMILES string of the molecule is CCOC(=O)/C=N/OC[C@@H](CC(=O)OC(C)(C)C)c1csc(N)n1. The van der Waals surface area contributed by atoms with Crippen LogP contribution in [0.25, 0.3) is 0 Å². The van der Waals surface area contributed by atoms with Gasteiger partial charge in [0.1, 0.15) is 12.2 Å².